The van der Waals surface area contributed by atoms with E-state index in [2.05, 4.69) is 0 Å². The Balaban J connectivity index is 1.86. The summed E-state index contributed by atoms with van der Waals surface area (Å²) in [6.07, 6.45) is 3.33. The number of fused-ring (bicyclic) bond motifs is 4. The van der Waals surface area contributed by atoms with E-state index in [-0.39, 0.29) is 11.6 Å². The van der Waals surface area contributed by atoms with Crippen LogP contribution in [0.2, 0.25) is 0 Å². The number of hydrogen-bond acceptors (Lipinski definition) is 3. The van der Waals surface area contributed by atoms with Crippen molar-refractivity contribution in [2.75, 3.05) is 7.11 Å². The minimum absolute atomic E-state index is 0.0682. The van der Waals surface area contributed by atoms with Crippen LogP contribution in [0.3, 0.4) is 0 Å². The highest BCUT2D eigenvalue weighted by atomic mass is 19.1. The Morgan fingerprint density at radius 1 is 1.18 bits per heavy atom. The third kappa shape index (κ3) is 1.84. The molecule has 2 aromatic carbocycles. The molecule has 1 heterocycles. The van der Waals surface area contributed by atoms with E-state index >= 15 is 0 Å². The standard InChI is InChI=1S/C18H13FO3/c1-21-12-5-7-15-14(9-12)18(20)17-13-8-11(19)4-2-10(13)3-6-16(17)22-15/h2-9,16-17H,1H3. The molecule has 1 aliphatic carbocycles. The number of ketones is 1. The van der Waals surface area contributed by atoms with Gasteiger partial charge in [-0.25, -0.2) is 4.39 Å². The fraction of sp³-hybridized carbons (Fsp3) is 0.167. The summed E-state index contributed by atoms with van der Waals surface area (Å²) >= 11 is 0. The molecule has 3 nitrogen and oxygen atoms in total. The van der Waals surface area contributed by atoms with Crippen LogP contribution in [0.1, 0.15) is 27.4 Å². The van der Waals surface area contributed by atoms with Gasteiger partial charge in [-0.2, -0.15) is 0 Å². The van der Waals surface area contributed by atoms with Gasteiger partial charge in [-0.15, -0.1) is 0 Å². The molecular formula is C18H13FO3. The molecule has 2 atom stereocenters. The molecule has 0 saturated carbocycles. The van der Waals surface area contributed by atoms with Crippen molar-refractivity contribution in [3.8, 4) is 11.5 Å². The summed E-state index contributed by atoms with van der Waals surface area (Å²) in [5.41, 5.74) is 2.00. The molecule has 110 valence electrons. The molecule has 0 fully saturated rings. The number of benzene rings is 2. The summed E-state index contributed by atoms with van der Waals surface area (Å²) < 4.78 is 24.7. The fourth-order valence-electron chi connectivity index (χ4n) is 3.10. The van der Waals surface area contributed by atoms with Crippen LogP contribution in [-0.4, -0.2) is 19.0 Å². The first kappa shape index (κ1) is 13.1. The second kappa shape index (κ2) is 4.70. The van der Waals surface area contributed by atoms with Crippen LogP contribution in [0.25, 0.3) is 6.08 Å². The number of carbonyl (C=O) groups is 1. The number of halogens is 1. The summed E-state index contributed by atoms with van der Waals surface area (Å²) in [5, 5.41) is 0. The molecular weight excluding hydrogens is 283 g/mol. The van der Waals surface area contributed by atoms with Crippen LogP contribution in [-0.2, 0) is 0 Å². The highest BCUT2D eigenvalue weighted by Crippen LogP contribution is 2.42. The van der Waals surface area contributed by atoms with Crippen molar-refractivity contribution < 1.29 is 18.7 Å². The number of hydrogen-bond donors (Lipinski definition) is 0. The van der Waals surface area contributed by atoms with Crippen LogP contribution in [0.4, 0.5) is 4.39 Å². The number of ether oxygens (including phenoxy) is 2. The van der Waals surface area contributed by atoms with E-state index in [1.165, 1.54) is 12.1 Å². The van der Waals surface area contributed by atoms with Gasteiger partial charge >= 0.3 is 0 Å². The number of carbonyl (C=O) groups excluding carboxylic acids is 1. The summed E-state index contributed by atoms with van der Waals surface area (Å²) in [6.45, 7) is 0. The first-order valence-corrected chi connectivity index (χ1v) is 7.04. The van der Waals surface area contributed by atoms with Crippen LogP contribution >= 0.6 is 0 Å². The van der Waals surface area contributed by atoms with Gasteiger partial charge in [0.25, 0.3) is 0 Å². The highest BCUT2D eigenvalue weighted by Gasteiger charge is 2.40. The van der Waals surface area contributed by atoms with Crippen molar-refractivity contribution in [1.29, 1.82) is 0 Å². The lowest BCUT2D eigenvalue weighted by Crippen LogP contribution is -2.36. The predicted molar refractivity (Wildman–Crippen MR) is 79.9 cm³/mol. The zero-order chi connectivity index (χ0) is 15.3. The molecule has 1 aliphatic heterocycles. The van der Waals surface area contributed by atoms with E-state index in [1.54, 1.807) is 31.4 Å². The van der Waals surface area contributed by atoms with Gasteiger partial charge in [-0.3, -0.25) is 4.79 Å². The molecule has 0 N–H and O–H groups in total. The van der Waals surface area contributed by atoms with Crippen molar-refractivity contribution in [3.05, 3.63) is 65.0 Å². The maximum absolute atomic E-state index is 13.6. The lowest BCUT2D eigenvalue weighted by Gasteiger charge is -2.34. The zero-order valence-corrected chi connectivity index (χ0v) is 11.9. The van der Waals surface area contributed by atoms with Crippen molar-refractivity contribution in [2.24, 2.45) is 0 Å². The van der Waals surface area contributed by atoms with E-state index in [1.807, 2.05) is 12.2 Å². The Labute approximate surface area is 127 Å². The van der Waals surface area contributed by atoms with E-state index in [0.717, 1.165) is 5.56 Å². The monoisotopic (exact) mass is 296 g/mol. The summed E-state index contributed by atoms with van der Waals surface area (Å²) in [5.74, 6) is 0.199. The average Bonchev–Trinajstić information content (AvgIpc) is 2.54. The average molecular weight is 296 g/mol. The van der Waals surface area contributed by atoms with Crippen molar-refractivity contribution in [2.45, 2.75) is 12.0 Å². The zero-order valence-electron chi connectivity index (χ0n) is 11.9. The number of Topliss-reactive ketones (excluding diaryl/α,β-unsaturated/α-hetero) is 1. The van der Waals surface area contributed by atoms with Crippen LogP contribution < -0.4 is 9.47 Å². The van der Waals surface area contributed by atoms with Gasteiger partial charge in [-0.1, -0.05) is 12.1 Å². The Morgan fingerprint density at radius 2 is 2.05 bits per heavy atom. The SMILES string of the molecule is COc1ccc2c(c1)C(=O)C1c3cc(F)ccc3C=CC1O2. The Bertz CT molecular complexity index is 810. The van der Waals surface area contributed by atoms with E-state index in [9.17, 15) is 9.18 Å². The molecule has 4 rings (SSSR count). The molecule has 2 unspecified atom stereocenters. The smallest absolute Gasteiger partial charge is 0.178 e. The lowest BCUT2D eigenvalue weighted by atomic mass is 9.78. The molecule has 22 heavy (non-hydrogen) atoms. The number of methoxy groups -OCH3 is 1. The van der Waals surface area contributed by atoms with Gasteiger partial charge < -0.3 is 9.47 Å². The fourth-order valence-corrected chi connectivity index (χ4v) is 3.10. The van der Waals surface area contributed by atoms with Crippen molar-refractivity contribution in [1.82, 2.24) is 0 Å². The Morgan fingerprint density at radius 3 is 2.86 bits per heavy atom. The second-order valence-electron chi connectivity index (χ2n) is 5.42. The van der Waals surface area contributed by atoms with Crippen molar-refractivity contribution >= 4 is 11.9 Å². The quantitative estimate of drug-likeness (QED) is 0.806. The Hall–Kier alpha value is -2.62. The maximum atomic E-state index is 13.6. The van der Waals surface area contributed by atoms with Crippen LogP contribution in [0, 0.1) is 5.82 Å². The second-order valence-corrected chi connectivity index (χ2v) is 5.42. The third-order valence-electron chi connectivity index (χ3n) is 4.18. The normalized spacial score (nSPS) is 21.5. The molecule has 0 bridgehead atoms. The minimum atomic E-state index is -0.518. The van der Waals surface area contributed by atoms with E-state index in [4.69, 9.17) is 9.47 Å². The van der Waals surface area contributed by atoms with Gasteiger partial charge in [0.2, 0.25) is 0 Å². The third-order valence-corrected chi connectivity index (χ3v) is 4.18. The van der Waals surface area contributed by atoms with Gasteiger partial charge in [0.05, 0.1) is 18.6 Å². The largest absolute Gasteiger partial charge is 0.497 e. The first-order valence-electron chi connectivity index (χ1n) is 7.04. The molecule has 4 heteroatoms. The molecule has 0 saturated heterocycles. The van der Waals surface area contributed by atoms with Crippen LogP contribution in [0.15, 0.2) is 42.5 Å². The Kier molecular flexibility index (Phi) is 2.79. The van der Waals surface area contributed by atoms with Crippen molar-refractivity contribution in [3.63, 3.8) is 0 Å². The highest BCUT2D eigenvalue weighted by molar-refractivity contribution is 6.06. The molecule has 0 spiro atoms. The van der Waals surface area contributed by atoms with Gasteiger partial charge in [0.15, 0.2) is 5.78 Å². The van der Waals surface area contributed by atoms with E-state index < -0.39 is 12.0 Å². The molecule has 0 radical (unpaired) electrons. The summed E-state index contributed by atoms with van der Waals surface area (Å²) in [7, 11) is 1.55. The predicted octanol–water partition coefficient (Wildman–Crippen LogP) is 3.59. The number of rotatable bonds is 1. The molecule has 0 amide bonds. The first-order chi connectivity index (χ1) is 10.7. The van der Waals surface area contributed by atoms with E-state index in [0.29, 0.717) is 22.6 Å². The maximum Gasteiger partial charge on any atom is 0.178 e. The molecule has 2 aliphatic rings. The van der Waals surface area contributed by atoms with Gasteiger partial charge in [0.1, 0.15) is 23.4 Å². The van der Waals surface area contributed by atoms with Gasteiger partial charge in [-0.05, 0) is 47.5 Å². The van der Waals surface area contributed by atoms with Crippen LogP contribution in [0.5, 0.6) is 11.5 Å². The van der Waals surface area contributed by atoms with Gasteiger partial charge in [0, 0.05) is 0 Å². The lowest BCUT2D eigenvalue weighted by molar-refractivity contribution is 0.0839. The molecule has 0 aromatic heterocycles. The summed E-state index contributed by atoms with van der Waals surface area (Å²) in [4.78, 5) is 12.9. The topological polar surface area (TPSA) is 35.5 Å². The molecule has 2 aromatic rings. The summed E-state index contributed by atoms with van der Waals surface area (Å²) in [6, 6.07) is 9.66. The minimum Gasteiger partial charge on any atom is -0.497 e.